The molecule has 21 heavy (non-hydrogen) atoms. The topological polar surface area (TPSA) is 59.4 Å². The van der Waals surface area contributed by atoms with E-state index in [0.717, 1.165) is 22.2 Å². The van der Waals surface area contributed by atoms with Gasteiger partial charge in [0.2, 0.25) is 5.88 Å². The largest absolute Gasteiger partial charge is 0.478 e. The molecule has 0 radical (unpaired) electrons. The standard InChI is InChI=1S/C16H16BrNO3/c1-3-4-12-8-11(16(19)20)9-15(18-12)21-14-6-5-10(2)7-13(14)17/h5-9H,3-4H2,1-2H3,(H,19,20). The third-order valence-electron chi connectivity index (χ3n) is 2.91. The molecule has 0 aliphatic carbocycles. The van der Waals surface area contributed by atoms with Crippen LogP contribution in [0.1, 0.15) is 35.0 Å². The average molecular weight is 350 g/mol. The highest BCUT2D eigenvalue weighted by atomic mass is 79.9. The quantitative estimate of drug-likeness (QED) is 0.856. The first-order chi connectivity index (χ1) is 9.99. The maximum absolute atomic E-state index is 11.2. The van der Waals surface area contributed by atoms with Gasteiger partial charge in [0.15, 0.2) is 0 Å². The van der Waals surface area contributed by atoms with Gasteiger partial charge < -0.3 is 9.84 Å². The molecular formula is C16H16BrNO3. The molecule has 0 atom stereocenters. The van der Waals surface area contributed by atoms with Gasteiger partial charge in [0.1, 0.15) is 5.75 Å². The molecule has 0 saturated carbocycles. The Morgan fingerprint density at radius 1 is 1.33 bits per heavy atom. The van der Waals surface area contributed by atoms with Gasteiger partial charge in [-0.15, -0.1) is 0 Å². The summed E-state index contributed by atoms with van der Waals surface area (Å²) in [5, 5.41) is 9.17. The molecule has 110 valence electrons. The minimum absolute atomic E-state index is 0.187. The van der Waals surface area contributed by atoms with Crippen LogP contribution in [0.3, 0.4) is 0 Å². The Hall–Kier alpha value is -1.88. The molecule has 1 aromatic heterocycles. The molecule has 0 fully saturated rings. The summed E-state index contributed by atoms with van der Waals surface area (Å²) in [6, 6.07) is 8.71. The highest BCUT2D eigenvalue weighted by molar-refractivity contribution is 9.10. The predicted molar refractivity (Wildman–Crippen MR) is 84.1 cm³/mol. The van der Waals surface area contributed by atoms with Crippen LogP contribution in [0.15, 0.2) is 34.8 Å². The summed E-state index contributed by atoms with van der Waals surface area (Å²) in [6.45, 7) is 4.00. The zero-order valence-electron chi connectivity index (χ0n) is 11.9. The molecule has 2 rings (SSSR count). The van der Waals surface area contributed by atoms with E-state index in [0.29, 0.717) is 18.1 Å². The van der Waals surface area contributed by atoms with Crippen molar-refractivity contribution in [2.75, 3.05) is 0 Å². The second kappa shape index (κ2) is 6.72. The third-order valence-corrected chi connectivity index (χ3v) is 3.53. The number of aromatic carboxylic acids is 1. The number of ether oxygens (including phenoxy) is 1. The minimum Gasteiger partial charge on any atom is -0.478 e. The number of nitrogens with zero attached hydrogens (tertiary/aromatic N) is 1. The Balaban J connectivity index is 2.36. The first-order valence-electron chi connectivity index (χ1n) is 6.68. The fraction of sp³-hybridized carbons (Fsp3) is 0.250. The summed E-state index contributed by atoms with van der Waals surface area (Å²) < 4.78 is 6.53. The second-order valence-electron chi connectivity index (χ2n) is 4.78. The van der Waals surface area contributed by atoms with Crippen molar-refractivity contribution < 1.29 is 14.6 Å². The Morgan fingerprint density at radius 3 is 2.71 bits per heavy atom. The molecule has 5 heteroatoms. The van der Waals surface area contributed by atoms with E-state index in [1.54, 1.807) is 6.07 Å². The zero-order chi connectivity index (χ0) is 15.4. The monoisotopic (exact) mass is 349 g/mol. The SMILES string of the molecule is CCCc1cc(C(=O)O)cc(Oc2ccc(C)cc2Br)n1. The van der Waals surface area contributed by atoms with Crippen molar-refractivity contribution in [2.24, 2.45) is 0 Å². The molecule has 0 unspecified atom stereocenters. The van der Waals surface area contributed by atoms with Gasteiger partial charge in [0, 0.05) is 11.8 Å². The highest BCUT2D eigenvalue weighted by Gasteiger charge is 2.11. The normalized spacial score (nSPS) is 10.4. The van der Waals surface area contributed by atoms with E-state index in [1.807, 2.05) is 32.0 Å². The molecule has 1 N–H and O–H groups in total. The Bertz CT molecular complexity index is 671. The highest BCUT2D eigenvalue weighted by Crippen LogP contribution is 2.30. The van der Waals surface area contributed by atoms with Gasteiger partial charge in [-0.25, -0.2) is 9.78 Å². The van der Waals surface area contributed by atoms with E-state index in [4.69, 9.17) is 9.84 Å². The maximum Gasteiger partial charge on any atom is 0.335 e. The summed E-state index contributed by atoms with van der Waals surface area (Å²) in [4.78, 5) is 15.5. The summed E-state index contributed by atoms with van der Waals surface area (Å²) in [6.07, 6.45) is 1.61. The number of rotatable bonds is 5. The molecule has 0 spiro atoms. The fourth-order valence-corrected chi connectivity index (χ4v) is 2.50. The zero-order valence-corrected chi connectivity index (χ0v) is 13.5. The molecule has 2 aromatic rings. The van der Waals surface area contributed by atoms with Crippen LogP contribution < -0.4 is 4.74 Å². The number of carboxylic acid groups (broad SMARTS) is 1. The van der Waals surface area contributed by atoms with Crippen molar-refractivity contribution in [3.05, 3.63) is 51.6 Å². The lowest BCUT2D eigenvalue weighted by Gasteiger charge is -2.10. The average Bonchev–Trinajstić information content (AvgIpc) is 2.42. The van der Waals surface area contributed by atoms with E-state index in [-0.39, 0.29) is 5.56 Å². The summed E-state index contributed by atoms with van der Waals surface area (Å²) in [5.41, 5.74) is 2.01. The Labute approximate surface area is 131 Å². The van der Waals surface area contributed by atoms with Crippen LogP contribution >= 0.6 is 15.9 Å². The van der Waals surface area contributed by atoms with Gasteiger partial charge in [-0.2, -0.15) is 0 Å². The molecule has 0 aliphatic heterocycles. The van der Waals surface area contributed by atoms with Crippen molar-refractivity contribution in [3.8, 4) is 11.6 Å². The number of hydrogen-bond acceptors (Lipinski definition) is 3. The number of halogens is 1. The van der Waals surface area contributed by atoms with Crippen LogP contribution in [0.25, 0.3) is 0 Å². The van der Waals surface area contributed by atoms with Crippen LogP contribution in [0.2, 0.25) is 0 Å². The first-order valence-corrected chi connectivity index (χ1v) is 7.47. The third kappa shape index (κ3) is 4.04. The Morgan fingerprint density at radius 2 is 2.10 bits per heavy atom. The molecule has 0 bridgehead atoms. The summed E-state index contributed by atoms with van der Waals surface area (Å²) in [7, 11) is 0. The number of pyridine rings is 1. The molecule has 0 saturated heterocycles. The lowest BCUT2D eigenvalue weighted by molar-refractivity contribution is 0.0696. The molecule has 1 aromatic carbocycles. The van der Waals surface area contributed by atoms with Gasteiger partial charge in [-0.05, 0) is 53.0 Å². The van der Waals surface area contributed by atoms with Crippen molar-refractivity contribution in [2.45, 2.75) is 26.7 Å². The predicted octanol–water partition coefficient (Wildman–Crippen LogP) is 4.60. The minimum atomic E-state index is -0.984. The lowest BCUT2D eigenvalue weighted by atomic mass is 10.1. The van der Waals surface area contributed by atoms with Gasteiger partial charge >= 0.3 is 5.97 Å². The summed E-state index contributed by atoms with van der Waals surface area (Å²) in [5.74, 6) is -0.0800. The van der Waals surface area contributed by atoms with E-state index >= 15 is 0 Å². The lowest BCUT2D eigenvalue weighted by Crippen LogP contribution is -2.02. The van der Waals surface area contributed by atoms with Crippen molar-refractivity contribution in [1.82, 2.24) is 4.98 Å². The van der Waals surface area contributed by atoms with E-state index in [9.17, 15) is 4.79 Å². The van der Waals surface area contributed by atoms with E-state index in [2.05, 4.69) is 20.9 Å². The number of carboxylic acids is 1. The number of aromatic nitrogens is 1. The van der Waals surface area contributed by atoms with Crippen molar-refractivity contribution in [3.63, 3.8) is 0 Å². The van der Waals surface area contributed by atoms with Crippen LogP contribution in [0, 0.1) is 6.92 Å². The van der Waals surface area contributed by atoms with Crippen LogP contribution in [-0.2, 0) is 6.42 Å². The number of hydrogen-bond donors (Lipinski definition) is 1. The number of benzene rings is 1. The van der Waals surface area contributed by atoms with Gasteiger partial charge in [-0.1, -0.05) is 19.4 Å². The van der Waals surface area contributed by atoms with Gasteiger partial charge in [-0.3, -0.25) is 0 Å². The fourth-order valence-electron chi connectivity index (χ4n) is 1.92. The van der Waals surface area contributed by atoms with Crippen molar-refractivity contribution >= 4 is 21.9 Å². The smallest absolute Gasteiger partial charge is 0.335 e. The van der Waals surface area contributed by atoms with Crippen LogP contribution in [0.5, 0.6) is 11.6 Å². The molecular weight excluding hydrogens is 334 g/mol. The first kappa shape index (κ1) is 15.5. The van der Waals surface area contributed by atoms with Crippen molar-refractivity contribution in [1.29, 1.82) is 0 Å². The molecule has 0 amide bonds. The number of carbonyl (C=O) groups is 1. The van der Waals surface area contributed by atoms with Gasteiger partial charge in [0.25, 0.3) is 0 Å². The molecule has 4 nitrogen and oxygen atoms in total. The van der Waals surface area contributed by atoms with Crippen LogP contribution in [0.4, 0.5) is 0 Å². The van der Waals surface area contributed by atoms with Crippen LogP contribution in [-0.4, -0.2) is 16.1 Å². The Kier molecular flexibility index (Phi) is 4.96. The van der Waals surface area contributed by atoms with E-state index in [1.165, 1.54) is 6.07 Å². The molecule has 0 aliphatic rings. The maximum atomic E-state index is 11.2. The number of aryl methyl sites for hydroxylation is 2. The summed E-state index contributed by atoms with van der Waals surface area (Å²) >= 11 is 3.43. The molecule has 1 heterocycles. The van der Waals surface area contributed by atoms with E-state index < -0.39 is 5.97 Å². The second-order valence-corrected chi connectivity index (χ2v) is 5.63. The van der Waals surface area contributed by atoms with Gasteiger partial charge in [0.05, 0.1) is 10.0 Å².